The van der Waals surface area contributed by atoms with Gasteiger partial charge in [-0.2, -0.15) is 5.10 Å². The number of halogens is 2. The van der Waals surface area contributed by atoms with Gasteiger partial charge in [0.1, 0.15) is 5.82 Å². The molecular weight excluding hydrogens is 365 g/mol. The van der Waals surface area contributed by atoms with Crippen LogP contribution in [-0.4, -0.2) is 24.6 Å². The highest BCUT2D eigenvalue weighted by Gasteiger charge is 2.11. The second kappa shape index (κ2) is 8.19. The molecule has 0 unspecified atom stereocenters. The maximum absolute atomic E-state index is 13.4. The smallest absolute Gasteiger partial charge is 0.259 e. The molecule has 5 nitrogen and oxygen atoms in total. The van der Waals surface area contributed by atoms with Crippen molar-refractivity contribution in [2.75, 3.05) is 6.54 Å². The highest BCUT2D eigenvalue weighted by atomic mass is 79.9. The number of hydrogen-bond donors (Lipinski definition) is 2. The minimum atomic E-state index is -0.657. The Balaban J connectivity index is 1.80. The molecule has 2 aromatic carbocycles. The first-order valence-electron chi connectivity index (χ1n) is 6.66. The van der Waals surface area contributed by atoms with Gasteiger partial charge in [-0.3, -0.25) is 9.59 Å². The number of hydrogen-bond acceptors (Lipinski definition) is 3. The van der Waals surface area contributed by atoms with Crippen LogP contribution < -0.4 is 10.7 Å². The lowest BCUT2D eigenvalue weighted by atomic mass is 10.2. The van der Waals surface area contributed by atoms with Gasteiger partial charge in [-0.05, 0) is 29.8 Å². The second-order valence-corrected chi connectivity index (χ2v) is 5.42. The van der Waals surface area contributed by atoms with E-state index in [-0.39, 0.29) is 12.1 Å². The van der Waals surface area contributed by atoms with Crippen molar-refractivity contribution in [2.24, 2.45) is 5.10 Å². The number of rotatable bonds is 5. The van der Waals surface area contributed by atoms with Crippen LogP contribution in [0.4, 0.5) is 4.39 Å². The van der Waals surface area contributed by atoms with Gasteiger partial charge in [0, 0.05) is 4.47 Å². The van der Waals surface area contributed by atoms with E-state index in [0.29, 0.717) is 0 Å². The summed E-state index contributed by atoms with van der Waals surface area (Å²) in [6.07, 6.45) is 1.48. The zero-order valence-electron chi connectivity index (χ0n) is 11.9. The van der Waals surface area contributed by atoms with Crippen LogP contribution >= 0.6 is 15.9 Å². The molecule has 2 amide bonds. The first kappa shape index (κ1) is 16.8. The van der Waals surface area contributed by atoms with Crippen molar-refractivity contribution >= 4 is 34.0 Å². The van der Waals surface area contributed by atoms with E-state index in [9.17, 15) is 14.0 Å². The molecule has 0 spiro atoms. The van der Waals surface area contributed by atoms with Gasteiger partial charge in [0.05, 0.1) is 18.3 Å². The van der Waals surface area contributed by atoms with Crippen LogP contribution in [-0.2, 0) is 4.79 Å². The third kappa shape index (κ3) is 5.30. The van der Waals surface area contributed by atoms with Crippen LogP contribution in [0, 0.1) is 5.82 Å². The molecule has 0 aliphatic carbocycles. The minimum absolute atomic E-state index is 0.112. The number of amides is 2. The normalized spacial score (nSPS) is 10.5. The van der Waals surface area contributed by atoms with E-state index in [1.165, 1.54) is 24.4 Å². The van der Waals surface area contributed by atoms with Crippen LogP contribution in [0.15, 0.2) is 58.1 Å². The van der Waals surface area contributed by atoms with Crippen molar-refractivity contribution in [2.45, 2.75) is 0 Å². The van der Waals surface area contributed by atoms with E-state index >= 15 is 0 Å². The molecule has 0 saturated carbocycles. The number of carbonyl (C=O) groups is 2. The summed E-state index contributed by atoms with van der Waals surface area (Å²) in [6.45, 7) is -0.301. The summed E-state index contributed by atoms with van der Waals surface area (Å²) < 4.78 is 14.3. The van der Waals surface area contributed by atoms with Crippen LogP contribution in [0.1, 0.15) is 15.9 Å². The number of nitrogens with one attached hydrogen (secondary N) is 2. The average Bonchev–Trinajstić information content (AvgIpc) is 2.55. The number of nitrogens with zero attached hydrogens (tertiary/aromatic N) is 1. The van der Waals surface area contributed by atoms with Gasteiger partial charge >= 0.3 is 0 Å². The molecule has 0 atom stereocenters. The second-order valence-electron chi connectivity index (χ2n) is 4.51. The zero-order valence-corrected chi connectivity index (χ0v) is 13.5. The Labute approximate surface area is 140 Å². The van der Waals surface area contributed by atoms with E-state index in [2.05, 4.69) is 31.8 Å². The summed E-state index contributed by atoms with van der Waals surface area (Å²) in [5.74, 6) is -1.81. The van der Waals surface area contributed by atoms with E-state index in [4.69, 9.17) is 0 Å². The summed E-state index contributed by atoms with van der Waals surface area (Å²) in [7, 11) is 0. The topological polar surface area (TPSA) is 70.6 Å². The lowest BCUT2D eigenvalue weighted by Crippen LogP contribution is -2.35. The summed E-state index contributed by atoms with van der Waals surface area (Å²) >= 11 is 3.31. The molecule has 0 aliphatic rings. The van der Waals surface area contributed by atoms with Crippen molar-refractivity contribution in [1.82, 2.24) is 10.7 Å². The van der Waals surface area contributed by atoms with Gasteiger partial charge in [-0.1, -0.05) is 40.2 Å². The largest absolute Gasteiger partial charge is 0.343 e. The molecule has 7 heteroatoms. The van der Waals surface area contributed by atoms with Gasteiger partial charge in [0.15, 0.2) is 0 Å². The van der Waals surface area contributed by atoms with Crippen LogP contribution in [0.5, 0.6) is 0 Å². The molecule has 118 valence electrons. The molecule has 0 fully saturated rings. The fraction of sp³-hybridized carbons (Fsp3) is 0.0625. The quantitative estimate of drug-likeness (QED) is 0.620. The van der Waals surface area contributed by atoms with Gasteiger partial charge in [0.25, 0.3) is 11.8 Å². The molecule has 2 N–H and O–H groups in total. The van der Waals surface area contributed by atoms with Crippen LogP contribution in [0.25, 0.3) is 0 Å². The highest BCUT2D eigenvalue weighted by Crippen LogP contribution is 2.09. The third-order valence-corrected chi connectivity index (χ3v) is 3.33. The molecule has 2 aromatic rings. The summed E-state index contributed by atoms with van der Waals surface area (Å²) in [4.78, 5) is 23.3. The molecule has 0 aliphatic heterocycles. The standard InChI is InChI=1S/C16H13BrFN3O2/c17-12-7-5-11(6-8-12)9-20-21-15(22)10-19-16(23)13-3-1-2-4-14(13)18/h1-9H,10H2,(H,19,23)(H,21,22)/b20-9+. The molecule has 0 saturated heterocycles. The lowest BCUT2D eigenvalue weighted by molar-refractivity contribution is -0.120. The maximum atomic E-state index is 13.4. The van der Waals surface area contributed by atoms with Gasteiger partial charge in [0.2, 0.25) is 0 Å². The summed E-state index contributed by atoms with van der Waals surface area (Å²) in [6, 6.07) is 12.9. The number of carbonyl (C=O) groups excluding carboxylic acids is 2. The lowest BCUT2D eigenvalue weighted by Gasteiger charge is -2.04. The third-order valence-electron chi connectivity index (χ3n) is 2.80. The van der Waals surface area contributed by atoms with Crippen molar-refractivity contribution in [3.8, 4) is 0 Å². The van der Waals surface area contributed by atoms with E-state index < -0.39 is 17.6 Å². The molecular formula is C16H13BrFN3O2. The van der Waals surface area contributed by atoms with E-state index in [0.717, 1.165) is 10.0 Å². The Bertz CT molecular complexity index is 732. The minimum Gasteiger partial charge on any atom is -0.343 e. The van der Waals surface area contributed by atoms with Crippen molar-refractivity contribution < 1.29 is 14.0 Å². The monoisotopic (exact) mass is 377 g/mol. The molecule has 2 rings (SSSR count). The first-order chi connectivity index (χ1) is 11.1. The molecule has 0 aromatic heterocycles. The predicted molar refractivity (Wildman–Crippen MR) is 88.6 cm³/mol. The Morgan fingerprint density at radius 3 is 2.52 bits per heavy atom. The summed E-state index contributed by atoms with van der Waals surface area (Å²) in [5, 5.41) is 6.10. The molecule has 0 bridgehead atoms. The number of hydrazone groups is 1. The molecule has 0 radical (unpaired) electrons. The number of benzene rings is 2. The van der Waals surface area contributed by atoms with Gasteiger partial charge < -0.3 is 5.32 Å². The van der Waals surface area contributed by atoms with Crippen molar-refractivity contribution in [3.05, 3.63) is 69.9 Å². The molecule has 23 heavy (non-hydrogen) atoms. The maximum Gasteiger partial charge on any atom is 0.259 e. The van der Waals surface area contributed by atoms with Crippen molar-refractivity contribution in [3.63, 3.8) is 0 Å². The van der Waals surface area contributed by atoms with E-state index in [1.54, 1.807) is 6.07 Å². The Kier molecular flexibility index (Phi) is 5.99. The van der Waals surface area contributed by atoms with Gasteiger partial charge in [-0.25, -0.2) is 9.82 Å². The van der Waals surface area contributed by atoms with Crippen LogP contribution in [0.3, 0.4) is 0 Å². The van der Waals surface area contributed by atoms with Crippen molar-refractivity contribution in [1.29, 1.82) is 0 Å². The summed E-state index contributed by atoms with van der Waals surface area (Å²) in [5.41, 5.74) is 2.97. The average molecular weight is 378 g/mol. The first-order valence-corrected chi connectivity index (χ1v) is 7.46. The Morgan fingerprint density at radius 1 is 1.13 bits per heavy atom. The fourth-order valence-corrected chi connectivity index (χ4v) is 1.93. The van der Waals surface area contributed by atoms with E-state index in [1.807, 2.05) is 24.3 Å². The Hall–Kier alpha value is -2.54. The fourth-order valence-electron chi connectivity index (χ4n) is 1.67. The zero-order chi connectivity index (χ0) is 16.7. The highest BCUT2D eigenvalue weighted by molar-refractivity contribution is 9.10. The van der Waals surface area contributed by atoms with Crippen LogP contribution in [0.2, 0.25) is 0 Å². The predicted octanol–water partition coefficient (Wildman–Crippen LogP) is 2.47. The SMILES string of the molecule is O=C(CNC(=O)c1ccccc1F)N/N=C/c1ccc(Br)cc1. The molecule has 0 heterocycles. The van der Waals surface area contributed by atoms with Gasteiger partial charge in [-0.15, -0.1) is 0 Å². The Morgan fingerprint density at radius 2 is 1.83 bits per heavy atom.